The molecule has 3 aromatic rings. The highest BCUT2D eigenvalue weighted by Gasteiger charge is 2.23. The van der Waals surface area contributed by atoms with E-state index >= 15 is 0 Å². The molecular formula is C16H18N6O2. The van der Waals surface area contributed by atoms with E-state index < -0.39 is 0 Å². The Hall–Kier alpha value is -2.90. The minimum atomic E-state index is 0.351. The molecule has 1 saturated heterocycles. The van der Waals surface area contributed by atoms with E-state index in [1.165, 1.54) is 6.33 Å². The zero-order chi connectivity index (χ0) is 16.4. The van der Waals surface area contributed by atoms with E-state index in [1.54, 1.807) is 25.6 Å². The van der Waals surface area contributed by atoms with Crippen LogP contribution in [0.3, 0.4) is 0 Å². The van der Waals surface area contributed by atoms with Crippen molar-refractivity contribution in [2.24, 2.45) is 0 Å². The number of hydrogen-bond donors (Lipinski definition) is 1. The Balaban J connectivity index is 1.42. The second-order valence-corrected chi connectivity index (χ2v) is 5.72. The molecule has 4 heterocycles. The molecule has 1 aliphatic heterocycles. The van der Waals surface area contributed by atoms with Gasteiger partial charge in [0.05, 0.1) is 19.6 Å². The van der Waals surface area contributed by atoms with Gasteiger partial charge in [-0.3, -0.25) is 0 Å². The zero-order valence-corrected chi connectivity index (χ0v) is 13.3. The lowest BCUT2D eigenvalue weighted by molar-refractivity contribution is 0.397. The van der Waals surface area contributed by atoms with Crippen LogP contribution in [0.5, 0.6) is 5.88 Å². The molecule has 4 rings (SSSR count). The van der Waals surface area contributed by atoms with Crippen molar-refractivity contribution < 1.29 is 9.15 Å². The molecule has 1 fully saturated rings. The molecule has 0 aliphatic carbocycles. The Kier molecular flexibility index (Phi) is 3.86. The number of fused-ring (bicyclic) bond motifs is 1. The molecule has 0 bridgehead atoms. The fourth-order valence-corrected chi connectivity index (χ4v) is 2.98. The lowest BCUT2D eigenvalue weighted by Crippen LogP contribution is -2.39. The van der Waals surface area contributed by atoms with Gasteiger partial charge in [-0.25, -0.2) is 9.97 Å². The van der Waals surface area contributed by atoms with Crippen LogP contribution in [0.4, 0.5) is 11.6 Å². The van der Waals surface area contributed by atoms with Gasteiger partial charge in [0.2, 0.25) is 5.88 Å². The van der Waals surface area contributed by atoms with Crippen molar-refractivity contribution >= 4 is 22.6 Å². The molecule has 24 heavy (non-hydrogen) atoms. The Morgan fingerprint density at radius 2 is 2.17 bits per heavy atom. The van der Waals surface area contributed by atoms with Crippen molar-refractivity contribution in [2.45, 2.75) is 18.9 Å². The molecule has 0 aromatic carbocycles. The summed E-state index contributed by atoms with van der Waals surface area (Å²) >= 11 is 0. The third-order valence-electron chi connectivity index (χ3n) is 4.25. The van der Waals surface area contributed by atoms with Crippen LogP contribution in [0, 0.1) is 0 Å². The van der Waals surface area contributed by atoms with Crippen LogP contribution in [-0.2, 0) is 0 Å². The molecule has 0 spiro atoms. The van der Waals surface area contributed by atoms with Crippen molar-refractivity contribution in [2.75, 3.05) is 30.4 Å². The molecule has 1 N–H and O–H groups in total. The average molecular weight is 326 g/mol. The van der Waals surface area contributed by atoms with Crippen molar-refractivity contribution in [1.29, 1.82) is 0 Å². The van der Waals surface area contributed by atoms with E-state index in [4.69, 9.17) is 9.15 Å². The lowest BCUT2D eigenvalue weighted by atomic mass is 10.0. The smallest absolute Gasteiger partial charge is 0.218 e. The van der Waals surface area contributed by atoms with Crippen LogP contribution >= 0.6 is 0 Å². The zero-order valence-electron chi connectivity index (χ0n) is 13.3. The van der Waals surface area contributed by atoms with Crippen LogP contribution in [0.2, 0.25) is 0 Å². The molecule has 8 heteroatoms. The van der Waals surface area contributed by atoms with Gasteiger partial charge in [-0.15, -0.1) is 5.10 Å². The number of anilines is 2. The van der Waals surface area contributed by atoms with Crippen molar-refractivity contribution in [1.82, 2.24) is 20.2 Å². The van der Waals surface area contributed by atoms with Crippen LogP contribution in [0.15, 0.2) is 35.3 Å². The summed E-state index contributed by atoms with van der Waals surface area (Å²) < 4.78 is 10.7. The molecule has 1 aliphatic rings. The van der Waals surface area contributed by atoms with E-state index in [9.17, 15) is 0 Å². The largest absolute Gasteiger partial charge is 0.481 e. The van der Waals surface area contributed by atoms with Gasteiger partial charge in [-0.1, -0.05) is 0 Å². The molecule has 0 unspecified atom stereocenters. The molecule has 0 atom stereocenters. The first-order valence-corrected chi connectivity index (χ1v) is 7.90. The highest BCUT2D eigenvalue weighted by molar-refractivity contribution is 5.86. The number of hydrogen-bond acceptors (Lipinski definition) is 8. The van der Waals surface area contributed by atoms with Gasteiger partial charge in [-0.2, -0.15) is 5.10 Å². The van der Waals surface area contributed by atoms with Crippen molar-refractivity contribution in [3.63, 3.8) is 0 Å². The van der Waals surface area contributed by atoms with Crippen molar-refractivity contribution in [3.05, 3.63) is 30.9 Å². The predicted octanol–water partition coefficient (Wildman–Crippen LogP) is 2.10. The first kappa shape index (κ1) is 14.7. The third kappa shape index (κ3) is 2.82. The number of nitrogens with one attached hydrogen (secondary N) is 1. The normalized spacial score (nSPS) is 15.6. The van der Waals surface area contributed by atoms with Crippen LogP contribution in [-0.4, -0.2) is 46.4 Å². The van der Waals surface area contributed by atoms with Gasteiger partial charge >= 0.3 is 0 Å². The number of rotatable bonds is 4. The third-order valence-corrected chi connectivity index (χ3v) is 4.25. The SMILES string of the molecule is COc1cc(NC2CCN(c3nncc4ccoc34)CC2)ncn1. The number of furan rings is 1. The highest BCUT2D eigenvalue weighted by Crippen LogP contribution is 2.27. The molecular weight excluding hydrogens is 308 g/mol. The Morgan fingerprint density at radius 3 is 3.00 bits per heavy atom. The lowest BCUT2D eigenvalue weighted by Gasteiger charge is -2.32. The monoisotopic (exact) mass is 326 g/mol. The second-order valence-electron chi connectivity index (χ2n) is 5.72. The Bertz CT molecular complexity index is 828. The maximum Gasteiger partial charge on any atom is 0.218 e. The minimum Gasteiger partial charge on any atom is -0.481 e. The summed E-state index contributed by atoms with van der Waals surface area (Å²) in [6.07, 6.45) is 6.85. The number of methoxy groups -OCH3 is 1. The summed E-state index contributed by atoms with van der Waals surface area (Å²) in [5, 5.41) is 12.7. The standard InChI is InChI=1S/C16H18N6O2/c1-23-14-8-13(17-10-18-14)20-12-2-5-22(6-3-12)16-15-11(4-7-24-15)9-19-21-16/h4,7-10,12H,2-3,5-6H2,1H3,(H,17,18,20). The van der Waals surface area contributed by atoms with Gasteiger partial charge in [0.15, 0.2) is 11.4 Å². The second kappa shape index (κ2) is 6.31. The predicted molar refractivity (Wildman–Crippen MR) is 89.2 cm³/mol. The fourth-order valence-electron chi connectivity index (χ4n) is 2.98. The maximum atomic E-state index is 5.56. The van der Waals surface area contributed by atoms with Gasteiger partial charge in [-0.05, 0) is 18.9 Å². The van der Waals surface area contributed by atoms with Gasteiger partial charge in [0.25, 0.3) is 0 Å². The summed E-state index contributed by atoms with van der Waals surface area (Å²) in [5.41, 5.74) is 0.803. The van der Waals surface area contributed by atoms with E-state index in [0.29, 0.717) is 11.9 Å². The molecule has 8 nitrogen and oxygen atoms in total. The van der Waals surface area contributed by atoms with E-state index in [-0.39, 0.29) is 0 Å². The summed E-state index contributed by atoms with van der Waals surface area (Å²) in [5.74, 6) is 2.16. The summed E-state index contributed by atoms with van der Waals surface area (Å²) in [6, 6.07) is 4.07. The van der Waals surface area contributed by atoms with E-state index in [0.717, 1.165) is 48.5 Å². The quantitative estimate of drug-likeness (QED) is 0.779. The first-order chi connectivity index (χ1) is 11.8. The molecule has 0 radical (unpaired) electrons. The molecule has 124 valence electrons. The highest BCUT2D eigenvalue weighted by atomic mass is 16.5. The summed E-state index contributed by atoms with van der Waals surface area (Å²) in [7, 11) is 1.60. The van der Waals surface area contributed by atoms with E-state index in [1.807, 2.05) is 6.07 Å². The first-order valence-electron chi connectivity index (χ1n) is 7.90. The average Bonchev–Trinajstić information content (AvgIpc) is 3.11. The fraction of sp³-hybridized carbons (Fsp3) is 0.375. The molecule has 0 amide bonds. The Labute approximate surface area is 138 Å². The van der Waals surface area contributed by atoms with Crippen LogP contribution < -0.4 is 15.0 Å². The van der Waals surface area contributed by atoms with Gasteiger partial charge in [0, 0.05) is 30.6 Å². The molecule has 0 saturated carbocycles. The maximum absolute atomic E-state index is 5.56. The topological polar surface area (TPSA) is 89.2 Å². The number of piperidine rings is 1. The van der Waals surface area contributed by atoms with Crippen LogP contribution in [0.25, 0.3) is 11.0 Å². The van der Waals surface area contributed by atoms with Crippen LogP contribution in [0.1, 0.15) is 12.8 Å². The minimum absolute atomic E-state index is 0.351. The summed E-state index contributed by atoms with van der Waals surface area (Å²) in [4.78, 5) is 10.5. The summed E-state index contributed by atoms with van der Waals surface area (Å²) in [6.45, 7) is 1.77. The van der Waals surface area contributed by atoms with Gasteiger partial charge < -0.3 is 19.4 Å². The Morgan fingerprint density at radius 1 is 1.29 bits per heavy atom. The number of aromatic nitrogens is 4. The number of nitrogens with zero attached hydrogens (tertiary/aromatic N) is 5. The number of ether oxygens (including phenoxy) is 1. The van der Waals surface area contributed by atoms with Gasteiger partial charge in [0.1, 0.15) is 12.1 Å². The van der Waals surface area contributed by atoms with Crippen molar-refractivity contribution in [3.8, 4) is 5.88 Å². The van der Waals surface area contributed by atoms with E-state index in [2.05, 4.69) is 30.4 Å². The molecule has 3 aromatic heterocycles.